The Morgan fingerprint density at radius 3 is 1.75 bits per heavy atom. The second-order valence-corrected chi connectivity index (χ2v) is 2.04. The fourth-order valence-electron chi connectivity index (χ4n) is 0.408. The molecule has 0 aromatic carbocycles. The quantitative estimate of drug-likeness (QED) is 0.341. The van der Waals surface area contributed by atoms with Crippen LogP contribution in [0.2, 0.25) is 0 Å². The van der Waals surface area contributed by atoms with Gasteiger partial charge < -0.3 is 19.3 Å². The molecular formula is C6H13ClMg. The second kappa shape index (κ2) is 10.9. The fourth-order valence-corrected chi connectivity index (χ4v) is 0.408. The van der Waals surface area contributed by atoms with Gasteiger partial charge in [-0.15, -0.1) is 0 Å². The van der Waals surface area contributed by atoms with Crippen molar-refractivity contribution in [3.63, 3.8) is 0 Å². The van der Waals surface area contributed by atoms with Crippen LogP contribution in [0.25, 0.3) is 0 Å². The minimum Gasteiger partial charge on any atom is -1.00 e. The van der Waals surface area contributed by atoms with Gasteiger partial charge in [0.05, 0.1) is 0 Å². The van der Waals surface area contributed by atoms with Gasteiger partial charge in [-0.25, -0.2) is 0 Å². The summed E-state index contributed by atoms with van der Waals surface area (Å²) in [7, 11) is 0. The standard InChI is InChI=1S/C6H13.ClH.Mg/c1-4-5-6(2)3;;/h6H,1,4-5H2,2-3H3;1H;/q-1;;+2/p-1. The molecule has 0 aromatic rings. The van der Waals surface area contributed by atoms with Crippen LogP contribution in [0.5, 0.6) is 0 Å². The normalized spacial score (nSPS) is 7.50. The summed E-state index contributed by atoms with van der Waals surface area (Å²) in [6, 6.07) is 0. The Labute approximate surface area is 75.0 Å². The third kappa shape index (κ3) is 15.7. The first-order valence-corrected chi connectivity index (χ1v) is 2.56. The molecule has 0 atom stereocenters. The van der Waals surface area contributed by atoms with Gasteiger partial charge in [0.25, 0.3) is 0 Å². The molecule has 0 amide bonds. The molecular weight excluding hydrogens is 132 g/mol. The summed E-state index contributed by atoms with van der Waals surface area (Å²) in [5.74, 6) is 0.836. The molecule has 2 heteroatoms. The SMILES string of the molecule is [CH2-]CCC(C)C.[Cl-].[Mg+2]. The van der Waals surface area contributed by atoms with Gasteiger partial charge in [0, 0.05) is 0 Å². The summed E-state index contributed by atoms with van der Waals surface area (Å²) in [5.41, 5.74) is 0. The van der Waals surface area contributed by atoms with Crippen LogP contribution in [0.1, 0.15) is 26.7 Å². The minimum absolute atomic E-state index is 0. The van der Waals surface area contributed by atoms with E-state index in [1.807, 2.05) is 0 Å². The Hall–Kier alpha value is 1.06. The summed E-state index contributed by atoms with van der Waals surface area (Å²) >= 11 is 0. The minimum atomic E-state index is 0. The molecule has 0 saturated carbocycles. The van der Waals surface area contributed by atoms with E-state index in [-0.39, 0.29) is 35.5 Å². The Morgan fingerprint density at radius 2 is 1.75 bits per heavy atom. The average molecular weight is 145 g/mol. The van der Waals surface area contributed by atoms with E-state index in [1.54, 1.807) is 0 Å². The predicted molar refractivity (Wildman–Crippen MR) is 35.2 cm³/mol. The number of rotatable bonds is 2. The Balaban J connectivity index is -0.000000125. The first kappa shape index (κ1) is 16.0. The maximum absolute atomic E-state index is 3.73. The van der Waals surface area contributed by atoms with Crippen molar-refractivity contribution in [1.29, 1.82) is 0 Å². The molecule has 8 heavy (non-hydrogen) atoms. The molecule has 0 aliphatic rings. The molecule has 0 radical (unpaired) electrons. The van der Waals surface area contributed by atoms with Gasteiger partial charge in [0.2, 0.25) is 0 Å². The van der Waals surface area contributed by atoms with Gasteiger partial charge in [0.1, 0.15) is 0 Å². The van der Waals surface area contributed by atoms with Crippen LogP contribution >= 0.6 is 0 Å². The number of hydrogen-bond acceptors (Lipinski definition) is 0. The molecule has 0 rings (SSSR count). The van der Waals surface area contributed by atoms with Crippen LogP contribution in [0, 0.1) is 12.8 Å². The molecule has 0 nitrogen and oxygen atoms in total. The summed E-state index contributed by atoms with van der Waals surface area (Å²) in [6.07, 6.45) is 2.34. The molecule has 0 aliphatic heterocycles. The van der Waals surface area contributed by atoms with E-state index in [0.29, 0.717) is 0 Å². The van der Waals surface area contributed by atoms with Crippen molar-refractivity contribution < 1.29 is 12.4 Å². The van der Waals surface area contributed by atoms with E-state index < -0.39 is 0 Å². The van der Waals surface area contributed by atoms with Crippen molar-refractivity contribution in [1.82, 2.24) is 0 Å². The van der Waals surface area contributed by atoms with Crippen molar-refractivity contribution in [2.75, 3.05) is 0 Å². The van der Waals surface area contributed by atoms with Crippen molar-refractivity contribution in [2.24, 2.45) is 5.92 Å². The largest absolute Gasteiger partial charge is 2.00 e. The van der Waals surface area contributed by atoms with Crippen molar-refractivity contribution in [3.8, 4) is 0 Å². The van der Waals surface area contributed by atoms with Crippen molar-refractivity contribution >= 4 is 23.1 Å². The smallest absolute Gasteiger partial charge is 1.00 e. The average Bonchev–Trinajstić information content (AvgIpc) is 1.35. The predicted octanol–water partition coefficient (Wildman–Crippen LogP) is -1.12. The van der Waals surface area contributed by atoms with Gasteiger partial charge in [0.15, 0.2) is 0 Å². The zero-order valence-electron chi connectivity index (χ0n) is 5.78. The van der Waals surface area contributed by atoms with Crippen LogP contribution in [-0.4, -0.2) is 23.1 Å². The maximum Gasteiger partial charge on any atom is 2.00 e. The van der Waals surface area contributed by atoms with Gasteiger partial charge in [-0.1, -0.05) is 20.3 Å². The van der Waals surface area contributed by atoms with E-state index in [9.17, 15) is 0 Å². The number of halogens is 1. The molecule has 0 heterocycles. The second-order valence-electron chi connectivity index (χ2n) is 2.04. The van der Waals surface area contributed by atoms with Crippen molar-refractivity contribution in [3.05, 3.63) is 6.92 Å². The molecule has 0 spiro atoms. The molecule has 0 aromatic heterocycles. The van der Waals surface area contributed by atoms with E-state index in [2.05, 4.69) is 20.8 Å². The maximum atomic E-state index is 3.73. The topological polar surface area (TPSA) is 0 Å². The first-order chi connectivity index (χ1) is 2.77. The zero-order chi connectivity index (χ0) is 4.99. The summed E-state index contributed by atoms with van der Waals surface area (Å²) in [4.78, 5) is 0. The first-order valence-electron chi connectivity index (χ1n) is 2.56. The van der Waals surface area contributed by atoms with Gasteiger partial charge in [-0.2, -0.15) is 6.42 Å². The van der Waals surface area contributed by atoms with Gasteiger partial charge in [-0.3, -0.25) is 0 Å². The third-order valence-corrected chi connectivity index (χ3v) is 0.781. The molecule has 0 fully saturated rings. The van der Waals surface area contributed by atoms with Gasteiger partial charge in [-0.05, 0) is 5.92 Å². The fraction of sp³-hybridized carbons (Fsp3) is 0.833. The molecule has 0 bridgehead atoms. The van der Waals surface area contributed by atoms with Crippen LogP contribution in [0.3, 0.4) is 0 Å². The molecule has 0 unspecified atom stereocenters. The molecule has 0 aliphatic carbocycles. The van der Waals surface area contributed by atoms with E-state index in [4.69, 9.17) is 0 Å². The van der Waals surface area contributed by atoms with Gasteiger partial charge >= 0.3 is 23.1 Å². The van der Waals surface area contributed by atoms with Crippen LogP contribution in [-0.2, 0) is 0 Å². The summed E-state index contributed by atoms with van der Waals surface area (Å²) < 4.78 is 0. The third-order valence-electron chi connectivity index (χ3n) is 0.781. The van der Waals surface area contributed by atoms with E-state index >= 15 is 0 Å². The monoisotopic (exact) mass is 144 g/mol. The Bertz CT molecular complexity index is 29.7. The van der Waals surface area contributed by atoms with E-state index in [1.165, 1.54) is 6.42 Å². The Kier molecular flexibility index (Phi) is 21.9. The Morgan fingerprint density at radius 1 is 1.38 bits per heavy atom. The number of hydrogen-bond donors (Lipinski definition) is 0. The summed E-state index contributed by atoms with van der Waals surface area (Å²) in [5, 5.41) is 0. The summed E-state index contributed by atoms with van der Waals surface area (Å²) in [6.45, 7) is 8.15. The van der Waals surface area contributed by atoms with Crippen LogP contribution < -0.4 is 12.4 Å². The molecule has 46 valence electrons. The van der Waals surface area contributed by atoms with Crippen LogP contribution in [0.4, 0.5) is 0 Å². The van der Waals surface area contributed by atoms with E-state index in [0.717, 1.165) is 12.3 Å². The van der Waals surface area contributed by atoms with Crippen molar-refractivity contribution in [2.45, 2.75) is 26.7 Å². The molecule has 0 N–H and O–H groups in total. The van der Waals surface area contributed by atoms with Crippen LogP contribution in [0.15, 0.2) is 0 Å². The molecule has 0 saturated heterocycles. The zero-order valence-corrected chi connectivity index (χ0v) is 7.95.